The minimum absolute atomic E-state index is 0.0312. The van der Waals surface area contributed by atoms with Crippen LogP contribution in [0.2, 0.25) is 5.02 Å². The third-order valence-electron chi connectivity index (χ3n) is 5.90. The van der Waals surface area contributed by atoms with Crippen LogP contribution in [0.3, 0.4) is 0 Å². The zero-order valence-corrected chi connectivity index (χ0v) is 20.9. The number of benzene rings is 2. The number of carbonyl (C=O) groups is 1. The number of ether oxygens (including phenoxy) is 1. The molecule has 2 aromatic heterocycles. The molecule has 0 aliphatic rings. The highest BCUT2D eigenvalue weighted by molar-refractivity contribution is 6.32. The maximum absolute atomic E-state index is 13.5. The van der Waals surface area contributed by atoms with Crippen molar-refractivity contribution in [1.82, 2.24) is 18.7 Å². The van der Waals surface area contributed by atoms with Gasteiger partial charge in [0.15, 0.2) is 0 Å². The van der Waals surface area contributed by atoms with E-state index in [1.54, 1.807) is 25.1 Å². The van der Waals surface area contributed by atoms with Crippen molar-refractivity contribution in [2.75, 3.05) is 6.61 Å². The van der Waals surface area contributed by atoms with Crippen LogP contribution in [-0.2, 0) is 24.0 Å². The van der Waals surface area contributed by atoms with Crippen molar-refractivity contribution >= 4 is 28.6 Å². The summed E-state index contributed by atoms with van der Waals surface area (Å²) in [7, 11) is 0. The minimum atomic E-state index is -4.74. The number of fused-ring (bicyclic) bond motifs is 1. The predicted octanol–water partition coefficient (Wildman–Crippen LogP) is 4.57. The normalized spacial score (nSPS) is 11.8. The fraction of sp³-hybridized carbons (Fsp3) is 0.280. The second-order valence-electron chi connectivity index (χ2n) is 8.16. The summed E-state index contributed by atoms with van der Waals surface area (Å²) in [6, 6.07) is 8.20. The summed E-state index contributed by atoms with van der Waals surface area (Å²) < 4.78 is 48.8. The second kappa shape index (κ2) is 9.89. The number of rotatable bonds is 6. The highest BCUT2D eigenvalue weighted by Crippen LogP contribution is 2.36. The molecule has 2 heterocycles. The molecule has 0 radical (unpaired) electrons. The number of hydrogen-bond acceptors (Lipinski definition) is 5. The molecule has 0 fully saturated rings. The van der Waals surface area contributed by atoms with Crippen LogP contribution >= 0.6 is 11.6 Å². The van der Waals surface area contributed by atoms with Crippen molar-refractivity contribution in [2.24, 2.45) is 0 Å². The monoisotopic (exact) mass is 534 g/mol. The summed E-state index contributed by atoms with van der Waals surface area (Å²) in [6.45, 7) is 5.41. The zero-order chi connectivity index (χ0) is 27.1. The summed E-state index contributed by atoms with van der Waals surface area (Å²) in [4.78, 5) is 43.7. The van der Waals surface area contributed by atoms with Crippen molar-refractivity contribution < 1.29 is 22.7 Å². The van der Waals surface area contributed by atoms with Gasteiger partial charge in [-0.15, -0.1) is 0 Å². The first-order valence-corrected chi connectivity index (χ1v) is 11.7. The first kappa shape index (κ1) is 26.2. The number of aryl methyl sites for hydroxylation is 2. The van der Waals surface area contributed by atoms with E-state index in [-0.39, 0.29) is 12.2 Å². The van der Waals surface area contributed by atoms with Crippen molar-refractivity contribution in [2.45, 2.75) is 40.0 Å². The van der Waals surface area contributed by atoms with Gasteiger partial charge < -0.3 is 9.30 Å². The van der Waals surface area contributed by atoms with Crippen molar-refractivity contribution in [1.29, 1.82) is 0 Å². The maximum atomic E-state index is 13.5. The number of nitrogens with zero attached hydrogens (tertiary/aromatic N) is 4. The molecule has 2 aromatic carbocycles. The van der Waals surface area contributed by atoms with Crippen LogP contribution in [-0.4, -0.2) is 31.3 Å². The molecule has 0 N–H and O–H groups in total. The summed E-state index contributed by atoms with van der Waals surface area (Å²) >= 11 is 6.01. The number of imidazole rings is 1. The number of esters is 1. The van der Waals surface area contributed by atoms with Gasteiger partial charge in [0, 0.05) is 12.7 Å². The Bertz CT molecular complexity index is 1640. The van der Waals surface area contributed by atoms with Gasteiger partial charge in [-0.1, -0.05) is 23.7 Å². The van der Waals surface area contributed by atoms with Crippen LogP contribution in [0.4, 0.5) is 13.2 Å². The molecule has 12 heteroatoms. The molecule has 0 saturated carbocycles. The molecule has 8 nitrogen and oxygen atoms in total. The Hall–Kier alpha value is -3.86. The van der Waals surface area contributed by atoms with Gasteiger partial charge >= 0.3 is 17.8 Å². The van der Waals surface area contributed by atoms with Crippen LogP contribution in [0.5, 0.6) is 0 Å². The van der Waals surface area contributed by atoms with Gasteiger partial charge in [0.05, 0.1) is 40.5 Å². The van der Waals surface area contributed by atoms with Gasteiger partial charge in [0.2, 0.25) is 0 Å². The predicted molar refractivity (Wildman–Crippen MR) is 132 cm³/mol. The molecular weight excluding hydrogens is 513 g/mol. The molecule has 0 aliphatic heterocycles. The van der Waals surface area contributed by atoms with Crippen LogP contribution < -0.4 is 11.2 Å². The molecule has 4 aromatic rings. The van der Waals surface area contributed by atoms with Crippen molar-refractivity contribution in [3.63, 3.8) is 0 Å². The lowest BCUT2D eigenvalue weighted by Gasteiger charge is -2.15. The highest BCUT2D eigenvalue weighted by Gasteiger charge is 2.34. The molecule has 4 rings (SSSR count). The minimum Gasteiger partial charge on any atom is -0.462 e. The van der Waals surface area contributed by atoms with Gasteiger partial charge in [0.1, 0.15) is 11.4 Å². The zero-order valence-electron chi connectivity index (χ0n) is 20.1. The van der Waals surface area contributed by atoms with Gasteiger partial charge in [-0.2, -0.15) is 13.2 Å². The van der Waals surface area contributed by atoms with Gasteiger partial charge in [0.25, 0.3) is 5.56 Å². The lowest BCUT2D eigenvalue weighted by molar-refractivity contribution is -0.137. The third kappa shape index (κ3) is 4.78. The molecule has 0 unspecified atom stereocenters. The van der Waals surface area contributed by atoms with Crippen molar-refractivity contribution in [3.05, 3.63) is 91.0 Å². The lowest BCUT2D eigenvalue weighted by Crippen LogP contribution is -2.42. The Morgan fingerprint density at radius 2 is 1.84 bits per heavy atom. The number of halogens is 4. The number of hydrogen-bond donors (Lipinski definition) is 0. The van der Waals surface area contributed by atoms with E-state index >= 15 is 0 Å². The summed E-state index contributed by atoms with van der Waals surface area (Å²) in [6.07, 6.45) is -3.67. The van der Waals surface area contributed by atoms with Gasteiger partial charge in [-0.25, -0.2) is 14.6 Å². The molecule has 0 atom stereocenters. The third-order valence-corrected chi connectivity index (χ3v) is 6.34. The van der Waals surface area contributed by atoms with E-state index in [4.69, 9.17) is 16.3 Å². The standard InChI is InChI=1S/C25H22ClF3N4O4/c1-4-31-14(3)30-19-11-16(9-10-20(19)31)32-13-17(23(35)37-5-2)22(34)33(24(32)36)12-15-7-6-8-18(21(15)26)25(27,28)29/h6-11,13H,4-5,12H2,1-3H3. The Kier molecular flexibility index (Phi) is 7.00. The van der Waals surface area contributed by atoms with E-state index < -0.39 is 46.1 Å². The Balaban J connectivity index is 1.94. The lowest BCUT2D eigenvalue weighted by atomic mass is 10.1. The maximum Gasteiger partial charge on any atom is 0.417 e. The van der Waals surface area contributed by atoms with E-state index in [0.717, 1.165) is 34.2 Å². The Morgan fingerprint density at radius 1 is 1.11 bits per heavy atom. The van der Waals surface area contributed by atoms with E-state index in [9.17, 15) is 27.6 Å². The molecule has 0 amide bonds. The highest BCUT2D eigenvalue weighted by atomic mass is 35.5. The summed E-state index contributed by atoms with van der Waals surface area (Å²) in [5, 5.41) is -0.642. The Labute approximate surface area is 213 Å². The molecule has 0 aliphatic carbocycles. The molecule has 0 spiro atoms. The van der Waals surface area contributed by atoms with Gasteiger partial charge in [-0.3, -0.25) is 13.9 Å². The van der Waals surface area contributed by atoms with Gasteiger partial charge in [-0.05, 0) is 50.6 Å². The van der Waals surface area contributed by atoms with Crippen LogP contribution in [0.1, 0.15) is 41.2 Å². The van der Waals surface area contributed by atoms with E-state index in [1.165, 1.54) is 6.07 Å². The van der Waals surface area contributed by atoms with Crippen LogP contribution in [0, 0.1) is 6.92 Å². The SMILES string of the molecule is CCOC(=O)c1cn(-c2ccc3c(c2)nc(C)n3CC)c(=O)n(Cc2cccc(C(F)(F)F)c2Cl)c1=O. The average Bonchev–Trinajstić information content (AvgIpc) is 3.16. The van der Waals surface area contributed by atoms with E-state index in [2.05, 4.69) is 4.98 Å². The molecule has 0 saturated heterocycles. The van der Waals surface area contributed by atoms with Crippen LogP contribution in [0.15, 0.2) is 52.2 Å². The fourth-order valence-electron chi connectivity index (χ4n) is 4.15. The second-order valence-corrected chi connectivity index (χ2v) is 8.54. The quantitative estimate of drug-likeness (QED) is 0.338. The molecular formula is C25H22ClF3N4O4. The number of carbonyl (C=O) groups excluding carboxylic acids is 1. The number of alkyl halides is 3. The first-order chi connectivity index (χ1) is 17.5. The smallest absolute Gasteiger partial charge is 0.417 e. The molecule has 37 heavy (non-hydrogen) atoms. The summed E-state index contributed by atoms with van der Waals surface area (Å²) in [5.41, 5.74) is -1.86. The largest absolute Gasteiger partial charge is 0.462 e. The number of aromatic nitrogens is 4. The fourth-order valence-corrected chi connectivity index (χ4v) is 4.45. The molecule has 0 bridgehead atoms. The summed E-state index contributed by atoms with van der Waals surface area (Å²) in [5.74, 6) is -0.212. The van der Waals surface area contributed by atoms with E-state index in [0.29, 0.717) is 22.3 Å². The first-order valence-electron chi connectivity index (χ1n) is 11.3. The average molecular weight is 535 g/mol. The van der Waals surface area contributed by atoms with E-state index in [1.807, 2.05) is 18.4 Å². The molecule has 194 valence electrons. The van der Waals surface area contributed by atoms with Crippen molar-refractivity contribution in [3.8, 4) is 5.69 Å². The Morgan fingerprint density at radius 3 is 2.49 bits per heavy atom. The topological polar surface area (TPSA) is 88.1 Å². The van der Waals surface area contributed by atoms with Crippen LogP contribution in [0.25, 0.3) is 16.7 Å².